The topological polar surface area (TPSA) is 59.8 Å². The Kier molecular flexibility index (Phi) is 6.32. The third-order valence-corrected chi connectivity index (χ3v) is 5.49. The van der Waals surface area contributed by atoms with Gasteiger partial charge in [-0.3, -0.25) is 9.36 Å². The molecular weight excluding hydrogens is 427 g/mol. The normalized spacial score (nSPS) is 10.9. The van der Waals surface area contributed by atoms with Crippen LogP contribution in [0.5, 0.6) is 0 Å². The third kappa shape index (κ3) is 4.76. The van der Waals surface area contributed by atoms with Gasteiger partial charge in [0.25, 0.3) is 0 Å². The van der Waals surface area contributed by atoms with E-state index in [9.17, 15) is 4.79 Å². The molecule has 9 heteroatoms. The van der Waals surface area contributed by atoms with E-state index in [-0.39, 0.29) is 21.7 Å². The summed E-state index contributed by atoms with van der Waals surface area (Å²) in [5.41, 5.74) is 3.58. The predicted octanol–water partition coefficient (Wildman–Crippen LogP) is 5.58. The summed E-state index contributed by atoms with van der Waals surface area (Å²) in [5, 5.41) is 12.4. The highest BCUT2D eigenvalue weighted by Crippen LogP contribution is 2.34. The van der Waals surface area contributed by atoms with Crippen molar-refractivity contribution in [2.24, 2.45) is 0 Å². The van der Waals surface area contributed by atoms with Gasteiger partial charge >= 0.3 is 0 Å². The Bertz CT molecular complexity index is 983. The molecule has 1 amide bonds. The molecule has 140 valence electrons. The lowest BCUT2D eigenvalue weighted by atomic mass is 10.1. The second-order valence-electron chi connectivity index (χ2n) is 5.85. The van der Waals surface area contributed by atoms with Gasteiger partial charge in [-0.25, -0.2) is 0 Å². The SMILES string of the molecule is Cc1ccc(-n2cnnc2SCC(=O)Nc2c(Cl)cc(Cl)cc2Cl)c(C)c1. The fourth-order valence-corrected chi connectivity index (χ4v) is 4.16. The van der Waals surface area contributed by atoms with Crippen molar-refractivity contribution >= 4 is 58.2 Å². The molecule has 3 rings (SSSR count). The largest absolute Gasteiger partial charge is 0.323 e. The van der Waals surface area contributed by atoms with E-state index in [1.807, 2.05) is 30.5 Å². The Hall–Kier alpha value is -1.73. The van der Waals surface area contributed by atoms with Gasteiger partial charge < -0.3 is 5.32 Å². The Labute approximate surface area is 176 Å². The van der Waals surface area contributed by atoms with Crippen molar-refractivity contribution in [3.8, 4) is 5.69 Å². The molecule has 1 heterocycles. The summed E-state index contributed by atoms with van der Waals surface area (Å²) in [7, 11) is 0. The van der Waals surface area contributed by atoms with E-state index in [2.05, 4.69) is 21.6 Å². The first-order valence-electron chi connectivity index (χ1n) is 7.90. The maximum atomic E-state index is 12.3. The third-order valence-electron chi connectivity index (χ3n) is 3.73. The second kappa shape index (κ2) is 8.52. The number of hydrogen-bond donors (Lipinski definition) is 1. The summed E-state index contributed by atoms with van der Waals surface area (Å²) in [4.78, 5) is 12.3. The molecule has 0 aliphatic carbocycles. The van der Waals surface area contributed by atoms with Gasteiger partial charge in [0.2, 0.25) is 5.91 Å². The number of hydrogen-bond acceptors (Lipinski definition) is 4. The first kappa shape index (κ1) is 20.0. The highest BCUT2D eigenvalue weighted by atomic mass is 35.5. The lowest BCUT2D eigenvalue weighted by Gasteiger charge is -2.11. The van der Waals surface area contributed by atoms with E-state index >= 15 is 0 Å². The zero-order valence-corrected chi connectivity index (χ0v) is 17.5. The standard InChI is InChI=1S/C18H15Cl3N4OS/c1-10-3-4-15(11(2)5-10)25-9-22-24-18(25)27-8-16(26)23-17-13(20)6-12(19)7-14(17)21/h3-7,9H,8H2,1-2H3,(H,23,26). The summed E-state index contributed by atoms with van der Waals surface area (Å²) in [6, 6.07) is 9.16. The second-order valence-corrected chi connectivity index (χ2v) is 8.05. The van der Waals surface area contributed by atoms with Crippen LogP contribution in [0.1, 0.15) is 11.1 Å². The first-order valence-corrected chi connectivity index (χ1v) is 10.0. The molecule has 0 saturated heterocycles. The van der Waals surface area contributed by atoms with Gasteiger partial charge in [0.05, 0.1) is 27.2 Å². The van der Waals surface area contributed by atoms with Gasteiger partial charge in [0, 0.05) is 5.02 Å². The quantitative estimate of drug-likeness (QED) is 0.525. The zero-order valence-electron chi connectivity index (χ0n) is 14.5. The number of nitrogens with zero attached hydrogens (tertiary/aromatic N) is 3. The van der Waals surface area contributed by atoms with E-state index in [1.165, 1.54) is 29.5 Å². The average molecular weight is 442 g/mol. The molecule has 0 fully saturated rings. The summed E-state index contributed by atoms with van der Waals surface area (Å²) in [5.74, 6) is -0.139. The molecule has 0 radical (unpaired) electrons. The molecule has 1 aromatic heterocycles. The molecule has 0 bridgehead atoms. The number of amides is 1. The van der Waals surface area contributed by atoms with Crippen LogP contribution in [0.4, 0.5) is 5.69 Å². The van der Waals surface area contributed by atoms with Crippen LogP contribution in [-0.4, -0.2) is 26.4 Å². The number of carbonyl (C=O) groups excluding carboxylic acids is 1. The Morgan fingerprint density at radius 2 is 1.85 bits per heavy atom. The molecule has 27 heavy (non-hydrogen) atoms. The number of carbonyl (C=O) groups is 1. The van der Waals surface area contributed by atoms with Crippen molar-refractivity contribution in [2.45, 2.75) is 19.0 Å². The van der Waals surface area contributed by atoms with Crippen molar-refractivity contribution in [3.63, 3.8) is 0 Å². The number of nitrogens with one attached hydrogen (secondary N) is 1. The number of aryl methyl sites for hydroxylation is 2. The van der Waals surface area contributed by atoms with Crippen LogP contribution in [0, 0.1) is 13.8 Å². The summed E-state index contributed by atoms with van der Waals surface area (Å²) in [6.07, 6.45) is 1.63. The van der Waals surface area contributed by atoms with Crippen molar-refractivity contribution in [2.75, 3.05) is 11.1 Å². The number of rotatable bonds is 5. The molecule has 0 saturated carbocycles. The molecule has 0 aliphatic heterocycles. The number of halogens is 3. The Balaban J connectivity index is 1.71. The van der Waals surface area contributed by atoms with Gasteiger partial charge in [-0.15, -0.1) is 10.2 Å². The maximum absolute atomic E-state index is 12.3. The minimum atomic E-state index is -0.263. The number of aromatic nitrogens is 3. The predicted molar refractivity (Wildman–Crippen MR) is 112 cm³/mol. The highest BCUT2D eigenvalue weighted by Gasteiger charge is 2.14. The van der Waals surface area contributed by atoms with E-state index in [4.69, 9.17) is 34.8 Å². The molecule has 2 aromatic carbocycles. The van der Waals surface area contributed by atoms with Gasteiger partial charge in [-0.1, -0.05) is 64.3 Å². The molecule has 5 nitrogen and oxygen atoms in total. The molecule has 1 N–H and O–H groups in total. The smallest absolute Gasteiger partial charge is 0.234 e. The average Bonchev–Trinajstić information content (AvgIpc) is 3.04. The zero-order chi connectivity index (χ0) is 19.6. The lowest BCUT2D eigenvalue weighted by molar-refractivity contribution is -0.113. The van der Waals surface area contributed by atoms with Gasteiger partial charge in [-0.2, -0.15) is 0 Å². The van der Waals surface area contributed by atoms with Crippen LogP contribution < -0.4 is 5.32 Å². The summed E-state index contributed by atoms with van der Waals surface area (Å²) < 4.78 is 1.86. The van der Waals surface area contributed by atoms with E-state index < -0.39 is 0 Å². The maximum Gasteiger partial charge on any atom is 0.234 e. The van der Waals surface area contributed by atoms with Crippen LogP contribution in [0.2, 0.25) is 15.1 Å². The van der Waals surface area contributed by atoms with Crippen molar-refractivity contribution in [1.82, 2.24) is 14.8 Å². The molecule has 0 aliphatic rings. The van der Waals surface area contributed by atoms with Crippen molar-refractivity contribution in [1.29, 1.82) is 0 Å². The Morgan fingerprint density at radius 1 is 1.15 bits per heavy atom. The van der Waals surface area contributed by atoms with Crippen molar-refractivity contribution in [3.05, 3.63) is 62.9 Å². The van der Waals surface area contributed by atoms with Crippen molar-refractivity contribution < 1.29 is 4.79 Å². The van der Waals surface area contributed by atoms with Crippen LogP contribution in [0.15, 0.2) is 41.8 Å². The Morgan fingerprint density at radius 3 is 2.52 bits per heavy atom. The van der Waals surface area contributed by atoms with E-state index in [1.54, 1.807) is 6.33 Å². The minimum Gasteiger partial charge on any atom is -0.323 e. The van der Waals surface area contributed by atoms with Crippen LogP contribution in [0.25, 0.3) is 5.69 Å². The van der Waals surface area contributed by atoms with Crippen LogP contribution in [0.3, 0.4) is 0 Å². The number of benzene rings is 2. The van der Waals surface area contributed by atoms with Crippen LogP contribution >= 0.6 is 46.6 Å². The molecule has 0 atom stereocenters. The molecule has 3 aromatic rings. The highest BCUT2D eigenvalue weighted by molar-refractivity contribution is 7.99. The van der Waals surface area contributed by atoms with Gasteiger partial charge in [-0.05, 0) is 37.6 Å². The fraction of sp³-hybridized carbons (Fsp3) is 0.167. The molecule has 0 unspecified atom stereocenters. The summed E-state index contributed by atoms with van der Waals surface area (Å²) in [6.45, 7) is 4.06. The van der Waals surface area contributed by atoms with Crippen LogP contribution in [-0.2, 0) is 4.79 Å². The van der Waals surface area contributed by atoms with Gasteiger partial charge in [0.1, 0.15) is 6.33 Å². The van der Waals surface area contributed by atoms with Gasteiger partial charge in [0.15, 0.2) is 5.16 Å². The fourth-order valence-electron chi connectivity index (χ4n) is 2.53. The number of anilines is 1. The minimum absolute atomic E-state index is 0.124. The first-order chi connectivity index (χ1) is 12.8. The lowest BCUT2D eigenvalue weighted by Crippen LogP contribution is -2.15. The van der Waals surface area contributed by atoms with E-state index in [0.717, 1.165) is 11.3 Å². The van der Waals surface area contributed by atoms with E-state index in [0.29, 0.717) is 15.9 Å². The molecular formula is C18H15Cl3N4OS. The summed E-state index contributed by atoms with van der Waals surface area (Å²) >= 11 is 19.3. The number of thioether (sulfide) groups is 1. The monoisotopic (exact) mass is 440 g/mol. The molecule has 0 spiro atoms.